The average Bonchev–Trinajstić information content (AvgIpc) is 1.65. The Balaban J connectivity index is 0. The predicted octanol–water partition coefficient (Wildman–Crippen LogP) is -0.665. The summed E-state index contributed by atoms with van der Waals surface area (Å²) in [6.07, 6.45) is 0.473. The molecular weight excluding hydrogens is 101 g/mol. The number of rotatable bonds is 2. The van der Waals surface area contributed by atoms with Crippen LogP contribution in [0.1, 0.15) is 13.3 Å². The molecule has 0 spiro atoms. The second-order valence-corrected chi connectivity index (χ2v) is 1.30. The zero-order chi connectivity index (χ0) is 4.99. The SMILES string of the molecule is CCC(O)CN.[Na]. The minimum atomic E-state index is -0.287. The number of aliphatic hydroxyl groups is 1. The molecule has 0 bridgehead atoms. The Kier molecular flexibility index (Phi) is 10.7. The summed E-state index contributed by atoms with van der Waals surface area (Å²) in [5, 5.41) is 8.54. The van der Waals surface area contributed by atoms with Crippen molar-refractivity contribution in [1.29, 1.82) is 0 Å². The Morgan fingerprint density at radius 2 is 2.14 bits per heavy atom. The van der Waals surface area contributed by atoms with Crippen molar-refractivity contribution in [2.45, 2.75) is 19.4 Å². The number of hydrogen-bond acceptors (Lipinski definition) is 2. The Morgan fingerprint density at radius 1 is 1.71 bits per heavy atom. The summed E-state index contributed by atoms with van der Waals surface area (Å²) in [6.45, 7) is 2.29. The van der Waals surface area contributed by atoms with Gasteiger partial charge in [-0.2, -0.15) is 0 Å². The van der Waals surface area contributed by atoms with E-state index in [9.17, 15) is 0 Å². The Bertz CT molecular complexity index is 30.9. The van der Waals surface area contributed by atoms with Crippen LogP contribution >= 0.6 is 0 Å². The van der Waals surface area contributed by atoms with Gasteiger partial charge in [-0.15, -0.1) is 0 Å². The van der Waals surface area contributed by atoms with Crippen LogP contribution in [0.3, 0.4) is 0 Å². The van der Waals surface area contributed by atoms with E-state index in [2.05, 4.69) is 0 Å². The maximum absolute atomic E-state index is 8.54. The van der Waals surface area contributed by atoms with Crippen molar-refractivity contribution in [2.24, 2.45) is 5.73 Å². The predicted molar refractivity (Wildman–Crippen MR) is 31.1 cm³/mol. The van der Waals surface area contributed by atoms with E-state index in [0.29, 0.717) is 6.54 Å². The molecule has 0 aliphatic heterocycles. The van der Waals surface area contributed by atoms with Gasteiger partial charge in [-0.1, -0.05) is 6.92 Å². The Labute approximate surface area is 66.4 Å². The summed E-state index contributed by atoms with van der Waals surface area (Å²) in [5.74, 6) is 0. The molecule has 0 saturated heterocycles. The van der Waals surface area contributed by atoms with Crippen molar-refractivity contribution >= 4 is 29.6 Å². The zero-order valence-corrected chi connectivity index (χ0v) is 7.02. The van der Waals surface area contributed by atoms with Crippen LogP contribution in [-0.2, 0) is 0 Å². The second-order valence-electron chi connectivity index (χ2n) is 1.30. The largest absolute Gasteiger partial charge is 0.392 e. The molecule has 1 atom stereocenters. The van der Waals surface area contributed by atoms with Crippen LogP contribution in [0.2, 0.25) is 0 Å². The first-order chi connectivity index (χ1) is 2.81. The third-order valence-corrected chi connectivity index (χ3v) is 0.743. The van der Waals surface area contributed by atoms with Crippen LogP contribution in [0, 0.1) is 0 Å². The molecule has 1 unspecified atom stereocenters. The standard InChI is InChI=1S/C4H11NO.Na/c1-2-4(6)3-5;/h4,6H,2-3,5H2,1H3;. The van der Waals surface area contributed by atoms with Gasteiger partial charge in [-0.25, -0.2) is 0 Å². The fourth-order valence-electron chi connectivity index (χ4n) is 0.167. The van der Waals surface area contributed by atoms with Crippen LogP contribution in [0.5, 0.6) is 0 Å². The Morgan fingerprint density at radius 3 is 2.14 bits per heavy atom. The van der Waals surface area contributed by atoms with E-state index in [1.807, 2.05) is 6.92 Å². The van der Waals surface area contributed by atoms with Gasteiger partial charge in [0.1, 0.15) is 0 Å². The smallest absolute Gasteiger partial charge is 0.0659 e. The molecule has 3 N–H and O–H groups in total. The third kappa shape index (κ3) is 6.92. The van der Waals surface area contributed by atoms with Gasteiger partial charge in [0.05, 0.1) is 6.10 Å². The molecule has 0 heterocycles. The molecule has 39 valence electrons. The van der Waals surface area contributed by atoms with E-state index in [1.165, 1.54) is 0 Å². The molecular formula is C4H11NNaO. The molecule has 0 aliphatic rings. The van der Waals surface area contributed by atoms with Gasteiger partial charge in [0.25, 0.3) is 0 Å². The molecule has 0 aromatic rings. The number of hydrogen-bond donors (Lipinski definition) is 2. The molecule has 1 radical (unpaired) electrons. The summed E-state index contributed by atoms with van der Waals surface area (Å²) in [4.78, 5) is 0. The van der Waals surface area contributed by atoms with Crippen molar-refractivity contribution < 1.29 is 5.11 Å². The maximum Gasteiger partial charge on any atom is 0.0659 e. The molecule has 0 aromatic heterocycles. The van der Waals surface area contributed by atoms with Gasteiger partial charge in [-0.3, -0.25) is 0 Å². The van der Waals surface area contributed by atoms with Crippen molar-refractivity contribution in [2.75, 3.05) is 6.54 Å². The third-order valence-electron chi connectivity index (χ3n) is 0.743. The first-order valence-corrected chi connectivity index (χ1v) is 2.19. The molecule has 0 fully saturated rings. The normalized spacial score (nSPS) is 12.4. The minimum absolute atomic E-state index is 0. The first-order valence-electron chi connectivity index (χ1n) is 2.19. The fraction of sp³-hybridized carbons (Fsp3) is 1.00. The zero-order valence-electron chi connectivity index (χ0n) is 5.02. The summed E-state index contributed by atoms with van der Waals surface area (Å²) in [6, 6.07) is 0. The molecule has 3 heteroatoms. The van der Waals surface area contributed by atoms with Crippen LogP contribution in [0.15, 0.2) is 0 Å². The second kappa shape index (κ2) is 6.92. The minimum Gasteiger partial charge on any atom is -0.392 e. The van der Waals surface area contributed by atoms with E-state index in [4.69, 9.17) is 10.8 Å². The van der Waals surface area contributed by atoms with Gasteiger partial charge >= 0.3 is 0 Å². The van der Waals surface area contributed by atoms with Crippen molar-refractivity contribution in [3.63, 3.8) is 0 Å². The van der Waals surface area contributed by atoms with Gasteiger partial charge in [0.2, 0.25) is 0 Å². The summed E-state index contributed by atoms with van der Waals surface area (Å²) < 4.78 is 0. The molecule has 0 saturated carbocycles. The van der Waals surface area contributed by atoms with Crippen LogP contribution < -0.4 is 5.73 Å². The summed E-state index contributed by atoms with van der Waals surface area (Å²) >= 11 is 0. The Hall–Kier alpha value is 0.920. The summed E-state index contributed by atoms with van der Waals surface area (Å²) in [5.41, 5.74) is 5.03. The van der Waals surface area contributed by atoms with Crippen LogP contribution in [0.4, 0.5) is 0 Å². The van der Waals surface area contributed by atoms with Gasteiger partial charge < -0.3 is 10.8 Å². The first kappa shape index (κ1) is 10.8. The van der Waals surface area contributed by atoms with Crippen molar-refractivity contribution in [3.05, 3.63) is 0 Å². The average molecular weight is 112 g/mol. The van der Waals surface area contributed by atoms with E-state index in [0.717, 1.165) is 6.42 Å². The van der Waals surface area contributed by atoms with E-state index < -0.39 is 0 Å². The van der Waals surface area contributed by atoms with Crippen LogP contribution in [-0.4, -0.2) is 47.3 Å². The van der Waals surface area contributed by atoms with E-state index in [1.54, 1.807) is 0 Å². The molecule has 0 aliphatic carbocycles. The van der Waals surface area contributed by atoms with Crippen LogP contribution in [0.25, 0.3) is 0 Å². The fourth-order valence-corrected chi connectivity index (χ4v) is 0.167. The monoisotopic (exact) mass is 112 g/mol. The molecule has 0 rings (SSSR count). The number of aliphatic hydroxyl groups excluding tert-OH is 1. The van der Waals surface area contributed by atoms with Gasteiger partial charge in [0.15, 0.2) is 0 Å². The maximum atomic E-state index is 8.54. The topological polar surface area (TPSA) is 46.2 Å². The van der Waals surface area contributed by atoms with Crippen molar-refractivity contribution in [3.8, 4) is 0 Å². The van der Waals surface area contributed by atoms with Gasteiger partial charge in [-0.05, 0) is 6.42 Å². The molecule has 2 nitrogen and oxygen atoms in total. The molecule has 0 aromatic carbocycles. The van der Waals surface area contributed by atoms with E-state index >= 15 is 0 Å². The van der Waals surface area contributed by atoms with Gasteiger partial charge in [0, 0.05) is 36.1 Å². The number of nitrogens with two attached hydrogens (primary N) is 1. The molecule has 0 amide bonds. The molecule has 7 heavy (non-hydrogen) atoms. The van der Waals surface area contributed by atoms with E-state index in [-0.39, 0.29) is 35.7 Å². The van der Waals surface area contributed by atoms with Crippen molar-refractivity contribution in [1.82, 2.24) is 0 Å². The summed E-state index contributed by atoms with van der Waals surface area (Å²) in [7, 11) is 0. The quantitative estimate of drug-likeness (QED) is 0.465.